The molecule has 3 heterocycles. The molecule has 5 rings (SSSR count). The summed E-state index contributed by atoms with van der Waals surface area (Å²) in [7, 11) is 3.62. The molecular formula is C31H30FN7O4S3. The van der Waals surface area contributed by atoms with E-state index in [9.17, 15) is 9.59 Å². The van der Waals surface area contributed by atoms with E-state index in [4.69, 9.17) is 21.7 Å². The minimum atomic E-state index is -0.675. The van der Waals surface area contributed by atoms with Crippen LogP contribution in [0.4, 0.5) is 9.18 Å². The number of methoxy groups -OCH3 is 1. The van der Waals surface area contributed by atoms with Crippen LogP contribution in [-0.2, 0) is 29.5 Å². The zero-order valence-electron chi connectivity index (χ0n) is 24.8. The number of urea groups is 1. The SMILES string of the molecule is COCCNCc1cnc(-c2cc3nccc(Oc4ccc(SNC(=O)NC(=S)NC(=O)Cc5ccccc5)cc4F)c3s2)n1C. The number of halogens is 1. The van der Waals surface area contributed by atoms with E-state index in [1.165, 1.54) is 23.5 Å². The lowest BCUT2D eigenvalue weighted by atomic mass is 10.1. The van der Waals surface area contributed by atoms with Gasteiger partial charge in [-0.2, -0.15) is 0 Å². The molecule has 0 spiro atoms. The molecular weight excluding hydrogens is 650 g/mol. The molecule has 0 aliphatic heterocycles. The van der Waals surface area contributed by atoms with Crippen LogP contribution in [0, 0.1) is 5.82 Å². The molecule has 0 aliphatic carbocycles. The fourth-order valence-corrected chi connectivity index (χ4v) is 6.16. The first-order chi connectivity index (χ1) is 22.3. The summed E-state index contributed by atoms with van der Waals surface area (Å²) in [4.78, 5) is 34.8. The van der Waals surface area contributed by atoms with Crippen molar-refractivity contribution in [3.8, 4) is 22.2 Å². The van der Waals surface area contributed by atoms with Crippen molar-refractivity contribution in [2.24, 2.45) is 7.05 Å². The zero-order valence-corrected chi connectivity index (χ0v) is 27.3. The number of hydrogen-bond donors (Lipinski definition) is 4. The largest absolute Gasteiger partial charge is 0.453 e. The Labute approximate surface area is 278 Å². The van der Waals surface area contributed by atoms with Crippen molar-refractivity contribution in [3.05, 3.63) is 90.1 Å². The summed E-state index contributed by atoms with van der Waals surface area (Å²) in [6.45, 7) is 2.01. The number of carbonyl (C=O) groups excluding carboxylic acids is 2. The van der Waals surface area contributed by atoms with Crippen molar-refractivity contribution >= 4 is 62.8 Å². The number of nitrogens with one attached hydrogen (secondary N) is 4. The molecule has 3 aromatic heterocycles. The maximum atomic E-state index is 15.1. The summed E-state index contributed by atoms with van der Waals surface area (Å²) in [6, 6.07) is 16.4. The molecule has 3 amide bonds. The van der Waals surface area contributed by atoms with Gasteiger partial charge in [0.05, 0.1) is 40.0 Å². The number of rotatable bonds is 12. The Hall–Kier alpha value is -4.41. The molecule has 4 N–H and O–H groups in total. The van der Waals surface area contributed by atoms with Gasteiger partial charge < -0.3 is 24.7 Å². The molecule has 0 atom stereocenters. The van der Waals surface area contributed by atoms with Crippen LogP contribution >= 0.6 is 35.5 Å². The minimum absolute atomic E-state index is 0.0139. The molecule has 11 nitrogen and oxygen atoms in total. The molecule has 0 bridgehead atoms. The van der Waals surface area contributed by atoms with E-state index in [0.717, 1.165) is 45.2 Å². The molecule has 46 heavy (non-hydrogen) atoms. The minimum Gasteiger partial charge on any atom is -0.453 e. The number of amides is 3. The van der Waals surface area contributed by atoms with Crippen molar-refractivity contribution in [2.75, 3.05) is 20.3 Å². The van der Waals surface area contributed by atoms with E-state index in [-0.39, 0.29) is 23.2 Å². The fourth-order valence-electron chi connectivity index (χ4n) is 4.30. The number of thiocarbonyl (C=S) groups is 1. The van der Waals surface area contributed by atoms with Crippen LogP contribution < -0.4 is 25.4 Å². The van der Waals surface area contributed by atoms with Gasteiger partial charge >= 0.3 is 6.03 Å². The number of aromatic nitrogens is 3. The second-order valence-corrected chi connectivity index (χ2v) is 12.2. The van der Waals surface area contributed by atoms with Gasteiger partial charge in [-0.25, -0.2) is 14.2 Å². The smallest absolute Gasteiger partial charge is 0.331 e. The Balaban J connectivity index is 1.17. The van der Waals surface area contributed by atoms with Gasteiger partial charge in [-0.15, -0.1) is 11.3 Å². The number of benzene rings is 2. The first kappa shape index (κ1) is 33.0. The summed E-state index contributed by atoms with van der Waals surface area (Å²) in [5, 5.41) is 8.00. The highest BCUT2D eigenvalue weighted by molar-refractivity contribution is 7.98. The lowest BCUT2D eigenvalue weighted by Crippen LogP contribution is -2.45. The Kier molecular flexibility index (Phi) is 11.3. The standard InChI is InChI=1S/C31H30FN7O4S3/c1-39-20(17-33-12-13-42-2)18-35-29(39)26-16-23-28(45-26)25(10-11-34-23)43-24-9-8-21(15-22(24)32)46-38-30(41)37-31(44)36-27(40)14-19-6-4-3-5-7-19/h3-11,15-16,18,33H,12-14,17H2,1-2H3,(H3,36,37,38,40,41,44). The Morgan fingerprint density at radius 2 is 1.89 bits per heavy atom. The van der Waals surface area contributed by atoms with E-state index < -0.39 is 11.8 Å². The van der Waals surface area contributed by atoms with Crippen LogP contribution in [-0.4, -0.2) is 51.8 Å². The summed E-state index contributed by atoms with van der Waals surface area (Å²) in [5.74, 6) is 0.278. The molecule has 0 unspecified atom stereocenters. The zero-order chi connectivity index (χ0) is 32.5. The Bertz CT molecular complexity index is 1850. The average Bonchev–Trinajstić information content (AvgIpc) is 3.63. The van der Waals surface area contributed by atoms with Gasteiger partial charge in [-0.05, 0) is 54.0 Å². The summed E-state index contributed by atoms with van der Waals surface area (Å²) < 4.78 is 31.4. The van der Waals surface area contributed by atoms with Crippen LogP contribution in [0.25, 0.3) is 20.9 Å². The molecule has 0 saturated carbocycles. The van der Waals surface area contributed by atoms with Gasteiger partial charge in [0.1, 0.15) is 11.6 Å². The number of imidazole rings is 1. The number of carbonyl (C=O) groups is 2. The van der Waals surface area contributed by atoms with Gasteiger partial charge in [-0.3, -0.25) is 19.8 Å². The fraction of sp³-hybridized carbons (Fsp3) is 0.194. The highest BCUT2D eigenvalue weighted by atomic mass is 32.2. The van der Waals surface area contributed by atoms with Crippen molar-refractivity contribution in [1.82, 2.24) is 35.2 Å². The lowest BCUT2D eigenvalue weighted by Gasteiger charge is -2.11. The first-order valence-electron chi connectivity index (χ1n) is 14.0. The number of fused-ring (bicyclic) bond motifs is 1. The number of hydrogen-bond acceptors (Lipinski definition) is 10. The van der Waals surface area contributed by atoms with Crippen LogP contribution in [0.1, 0.15) is 11.3 Å². The second kappa shape index (κ2) is 15.7. The molecule has 0 aliphatic rings. The Morgan fingerprint density at radius 3 is 2.67 bits per heavy atom. The van der Waals surface area contributed by atoms with Crippen molar-refractivity contribution in [1.29, 1.82) is 0 Å². The third kappa shape index (κ3) is 8.64. The van der Waals surface area contributed by atoms with Crippen LogP contribution in [0.5, 0.6) is 11.5 Å². The van der Waals surface area contributed by atoms with E-state index in [1.54, 1.807) is 25.4 Å². The number of ether oxygens (including phenoxy) is 2. The van der Waals surface area contributed by atoms with Crippen molar-refractivity contribution in [3.63, 3.8) is 0 Å². The van der Waals surface area contributed by atoms with E-state index >= 15 is 4.39 Å². The van der Waals surface area contributed by atoms with Gasteiger partial charge in [0.15, 0.2) is 16.7 Å². The summed E-state index contributed by atoms with van der Waals surface area (Å²) in [6.07, 6.45) is 3.55. The third-order valence-corrected chi connectivity index (χ3v) is 8.66. The van der Waals surface area contributed by atoms with E-state index in [0.29, 0.717) is 29.3 Å². The van der Waals surface area contributed by atoms with Gasteiger partial charge in [0.2, 0.25) is 5.91 Å². The maximum absolute atomic E-state index is 15.1. The molecule has 5 aromatic rings. The average molecular weight is 680 g/mol. The van der Waals surface area contributed by atoms with Gasteiger partial charge in [0.25, 0.3) is 0 Å². The lowest BCUT2D eigenvalue weighted by molar-refractivity contribution is -0.119. The first-order valence-corrected chi connectivity index (χ1v) is 16.0. The number of thiophene rings is 1. The number of pyridine rings is 1. The highest BCUT2D eigenvalue weighted by Crippen LogP contribution is 2.39. The monoisotopic (exact) mass is 679 g/mol. The summed E-state index contributed by atoms with van der Waals surface area (Å²) >= 11 is 7.38. The molecule has 2 aromatic carbocycles. The summed E-state index contributed by atoms with van der Waals surface area (Å²) in [5.41, 5.74) is 2.54. The molecule has 0 saturated heterocycles. The normalized spacial score (nSPS) is 10.9. The van der Waals surface area contributed by atoms with E-state index in [2.05, 4.69) is 30.6 Å². The van der Waals surface area contributed by atoms with Crippen molar-refractivity contribution in [2.45, 2.75) is 17.9 Å². The predicted octanol–water partition coefficient (Wildman–Crippen LogP) is 5.31. The molecule has 238 valence electrons. The van der Waals surface area contributed by atoms with Crippen molar-refractivity contribution < 1.29 is 23.5 Å². The van der Waals surface area contributed by atoms with Gasteiger partial charge in [-0.1, -0.05) is 30.3 Å². The predicted molar refractivity (Wildman–Crippen MR) is 180 cm³/mol. The topological polar surface area (TPSA) is 131 Å². The van der Waals surface area contributed by atoms with Crippen LogP contribution in [0.3, 0.4) is 0 Å². The van der Waals surface area contributed by atoms with Crippen LogP contribution in [0.2, 0.25) is 0 Å². The maximum Gasteiger partial charge on any atom is 0.331 e. The number of nitrogens with zero attached hydrogens (tertiary/aromatic N) is 3. The molecule has 0 radical (unpaired) electrons. The van der Waals surface area contributed by atoms with Gasteiger partial charge in [0, 0.05) is 44.4 Å². The third-order valence-electron chi connectivity index (χ3n) is 6.54. The molecule has 15 heteroatoms. The molecule has 0 fully saturated rings. The second-order valence-electron chi connectivity index (χ2n) is 9.83. The Morgan fingerprint density at radius 1 is 1.07 bits per heavy atom. The van der Waals surface area contributed by atoms with Crippen LogP contribution in [0.15, 0.2) is 78.0 Å². The van der Waals surface area contributed by atoms with E-state index in [1.807, 2.05) is 54.2 Å². The highest BCUT2D eigenvalue weighted by Gasteiger charge is 2.17. The quantitative estimate of drug-likeness (QED) is 0.0787.